The van der Waals surface area contributed by atoms with Gasteiger partial charge in [0.2, 0.25) is 0 Å². The highest BCUT2D eigenvalue weighted by atomic mass is 15.2. The van der Waals surface area contributed by atoms with E-state index in [1.165, 1.54) is 32.1 Å². The van der Waals surface area contributed by atoms with Crippen molar-refractivity contribution >= 4 is 0 Å². The lowest BCUT2D eigenvalue weighted by molar-refractivity contribution is 0.482. The van der Waals surface area contributed by atoms with Crippen molar-refractivity contribution in [3.8, 4) is 0 Å². The van der Waals surface area contributed by atoms with Crippen molar-refractivity contribution in [3.05, 3.63) is 12.2 Å². The number of hydrogen-bond donors (Lipinski definition) is 2. The van der Waals surface area contributed by atoms with Crippen LogP contribution in [-0.2, 0) is 0 Å². The second kappa shape index (κ2) is 7.40. The van der Waals surface area contributed by atoms with Gasteiger partial charge in [-0.25, -0.2) is 4.98 Å². The molecule has 0 aliphatic rings. The molecule has 0 saturated carbocycles. The predicted octanol–water partition coefficient (Wildman–Crippen LogP) is 2.43. The molecular formula is C11H22N4. The maximum atomic E-state index is 4.17. The van der Waals surface area contributed by atoms with E-state index in [1.54, 1.807) is 6.33 Å². The molecule has 4 nitrogen and oxygen atoms in total. The Balaban J connectivity index is 2.18. The monoisotopic (exact) mass is 210 g/mol. The maximum Gasteiger partial charge on any atom is 0.141 e. The number of rotatable bonds is 8. The lowest BCUT2D eigenvalue weighted by Crippen LogP contribution is -2.17. The van der Waals surface area contributed by atoms with Crippen LogP contribution in [0, 0.1) is 0 Å². The molecule has 1 atom stereocenters. The van der Waals surface area contributed by atoms with Crippen molar-refractivity contribution in [2.24, 2.45) is 0 Å². The van der Waals surface area contributed by atoms with E-state index in [0.717, 1.165) is 12.2 Å². The Labute approximate surface area is 91.9 Å². The van der Waals surface area contributed by atoms with Gasteiger partial charge in [-0.3, -0.25) is 5.10 Å². The molecule has 0 amide bonds. The summed E-state index contributed by atoms with van der Waals surface area (Å²) in [6, 6.07) is 0.328. The van der Waals surface area contributed by atoms with Gasteiger partial charge in [-0.1, -0.05) is 39.0 Å². The molecule has 0 saturated heterocycles. The molecule has 0 radical (unpaired) electrons. The van der Waals surface area contributed by atoms with Crippen LogP contribution in [0.15, 0.2) is 6.33 Å². The molecule has 0 aliphatic heterocycles. The summed E-state index contributed by atoms with van der Waals surface area (Å²) in [5, 5.41) is 10.1. The van der Waals surface area contributed by atoms with Crippen LogP contribution in [0.3, 0.4) is 0 Å². The Morgan fingerprint density at radius 3 is 2.73 bits per heavy atom. The quantitative estimate of drug-likeness (QED) is 0.648. The standard InChI is InChI=1S/C11H22N4/c1-3-4-5-6-7-8-10(12-2)11-13-9-14-15-11/h9-10,12H,3-8H2,1-2H3,(H,13,14,15). The summed E-state index contributed by atoms with van der Waals surface area (Å²) in [7, 11) is 1.97. The van der Waals surface area contributed by atoms with E-state index < -0.39 is 0 Å². The third-order valence-corrected chi connectivity index (χ3v) is 2.71. The number of H-pyrrole nitrogens is 1. The summed E-state index contributed by atoms with van der Waals surface area (Å²) in [6.45, 7) is 2.24. The SMILES string of the molecule is CCCCCCCC(NC)c1ncn[nH]1. The van der Waals surface area contributed by atoms with Crippen LogP contribution in [0.5, 0.6) is 0 Å². The van der Waals surface area contributed by atoms with E-state index in [4.69, 9.17) is 0 Å². The van der Waals surface area contributed by atoms with Gasteiger partial charge in [-0.2, -0.15) is 5.10 Å². The van der Waals surface area contributed by atoms with Gasteiger partial charge in [0.25, 0.3) is 0 Å². The minimum absolute atomic E-state index is 0.328. The van der Waals surface area contributed by atoms with Crippen molar-refractivity contribution in [1.82, 2.24) is 20.5 Å². The number of unbranched alkanes of at least 4 members (excludes halogenated alkanes) is 4. The van der Waals surface area contributed by atoms with Crippen LogP contribution < -0.4 is 5.32 Å². The normalized spacial score (nSPS) is 12.9. The molecule has 1 unspecified atom stereocenters. The Morgan fingerprint density at radius 1 is 1.33 bits per heavy atom. The van der Waals surface area contributed by atoms with Gasteiger partial charge in [0.15, 0.2) is 0 Å². The lowest BCUT2D eigenvalue weighted by Gasteiger charge is -2.12. The smallest absolute Gasteiger partial charge is 0.141 e. The van der Waals surface area contributed by atoms with Crippen LogP contribution in [0.2, 0.25) is 0 Å². The number of nitrogens with one attached hydrogen (secondary N) is 2. The second-order valence-corrected chi connectivity index (χ2v) is 3.91. The van der Waals surface area contributed by atoms with Gasteiger partial charge in [0.1, 0.15) is 12.2 Å². The highest BCUT2D eigenvalue weighted by Gasteiger charge is 2.10. The van der Waals surface area contributed by atoms with Crippen LogP contribution >= 0.6 is 0 Å². The first-order valence-electron chi connectivity index (χ1n) is 5.91. The molecule has 0 spiro atoms. The highest BCUT2D eigenvalue weighted by molar-refractivity contribution is 4.90. The average molecular weight is 210 g/mol. The van der Waals surface area contributed by atoms with Crippen molar-refractivity contribution < 1.29 is 0 Å². The Bertz CT molecular complexity index is 233. The number of nitrogens with zero attached hydrogens (tertiary/aromatic N) is 2. The molecular weight excluding hydrogens is 188 g/mol. The minimum atomic E-state index is 0.328. The zero-order valence-corrected chi connectivity index (χ0v) is 9.79. The van der Waals surface area contributed by atoms with Crippen molar-refractivity contribution in [1.29, 1.82) is 0 Å². The highest BCUT2D eigenvalue weighted by Crippen LogP contribution is 2.15. The average Bonchev–Trinajstić information content (AvgIpc) is 2.77. The summed E-state index contributed by atoms with van der Waals surface area (Å²) in [5.74, 6) is 0.952. The van der Waals surface area contributed by atoms with Gasteiger partial charge in [0.05, 0.1) is 6.04 Å². The minimum Gasteiger partial charge on any atom is -0.310 e. The first kappa shape index (κ1) is 12.2. The van der Waals surface area contributed by atoms with Crippen molar-refractivity contribution in [2.45, 2.75) is 51.5 Å². The number of aromatic nitrogens is 3. The predicted molar refractivity (Wildman–Crippen MR) is 61.6 cm³/mol. The summed E-state index contributed by atoms with van der Waals surface area (Å²) in [5.41, 5.74) is 0. The summed E-state index contributed by atoms with van der Waals surface area (Å²) in [6.07, 6.45) is 9.28. The zero-order chi connectivity index (χ0) is 10.9. The topological polar surface area (TPSA) is 53.6 Å². The van der Waals surface area contributed by atoms with Gasteiger partial charge in [-0.05, 0) is 13.5 Å². The van der Waals surface area contributed by atoms with E-state index in [9.17, 15) is 0 Å². The van der Waals surface area contributed by atoms with E-state index in [-0.39, 0.29) is 0 Å². The lowest BCUT2D eigenvalue weighted by atomic mass is 10.1. The largest absolute Gasteiger partial charge is 0.310 e. The van der Waals surface area contributed by atoms with Crippen LogP contribution in [-0.4, -0.2) is 22.2 Å². The molecule has 0 aliphatic carbocycles. The van der Waals surface area contributed by atoms with Crippen LogP contribution in [0.1, 0.15) is 57.3 Å². The van der Waals surface area contributed by atoms with E-state index in [1.807, 2.05) is 7.05 Å². The van der Waals surface area contributed by atoms with E-state index in [0.29, 0.717) is 6.04 Å². The summed E-state index contributed by atoms with van der Waals surface area (Å²) < 4.78 is 0. The maximum absolute atomic E-state index is 4.17. The molecule has 15 heavy (non-hydrogen) atoms. The Kier molecular flexibility index (Phi) is 6.00. The van der Waals surface area contributed by atoms with Gasteiger partial charge >= 0.3 is 0 Å². The third-order valence-electron chi connectivity index (χ3n) is 2.71. The Hall–Kier alpha value is -0.900. The van der Waals surface area contributed by atoms with Gasteiger partial charge in [-0.15, -0.1) is 0 Å². The van der Waals surface area contributed by atoms with Crippen molar-refractivity contribution in [3.63, 3.8) is 0 Å². The fourth-order valence-corrected chi connectivity index (χ4v) is 1.75. The number of aromatic amines is 1. The van der Waals surface area contributed by atoms with E-state index >= 15 is 0 Å². The fourth-order valence-electron chi connectivity index (χ4n) is 1.75. The van der Waals surface area contributed by atoms with Gasteiger partial charge in [0, 0.05) is 0 Å². The first-order valence-corrected chi connectivity index (χ1v) is 5.91. The van der Waals surface area contributed by atoms with E-state index in [2.05, 4.69) is 27.4 Å². The molecule has 0 aromatic carbocycles. The fraction of sp³-hybridized carbons (Fsp3) is 0.818. The molecule has 2 N–H and O–H groups in total. The van der Waals surface area contributed by atoms with Crippen LogP contribution in [0.4, 0.5) is 0 Å². The molecule has 1 rings (SSSR count). The summed E-state index contributed by atoms with van der Waals surface area (Å²) >= 11 is 0. The molecule has 4 heteroatoms. The molecule has 1 aromatic heterocycles. The molecule has 86 valence electrons. The molecule has 1 heterocycles. The molecule has 0 bridgehead atoms. The van der Waals surface area contributed by atoms with Gasteiger partial charge < -0.3 is 5.32 Å². The number of hydrogen-bond acceptors (Lipinski definition) is 3. The first-order chi connectivity index (χ1) is 7.38. The zero-order valence-electron chi connectivity index (χ0n) is 9.79. The third kappa shape index (κ3) is 4.42. The summed E-state index contributed by atoms with van der Waals surface area (Å²) in [4.78, 5) is 4.17. The molecule has 1 aromatic rings. The van der Waals surface area contributed by atoms with Crippen molar-refractivity contribution in [2.75, 3.05) is 7.05 Å². The second-order valence-electron chi connectivity index (χ2n) is 3.91. The van der Waals surface area contributed by atoms with Crippen LogP contribution in [0.25, 0.3) is 0 Å². The molecule has 0 fully saturated rings. The Morgan fingerprint density at radius 2 is 2.13 bits per heavy atom.